The van der Waals surface area contributed by atoms with E-state index >= 15 is 0 Å². The van der Waals surface area contributed by atoms with Crippen LogP contribution < -0.4 is 5.32 Å². The van der Waals surface area contributed by atoms with Gasteiger partial charge in [-0.3, -0.25) is 0 Å². The molecule has 0 amide bonds. The van der Waals surface area contributed by atoms with Crippen LogP contribution >= 0.6 is 0 Å². The molecule has 2 atom stereocenters. The summed E-state index contributed by atoms with van der Waals surface area (Å²) in [5.74, 6) is 1.44. The summed E-state index contributed by atoms with van der Waals surface area (Å²) in [6.07, 6.45) is 0. The molecular formula is C15H21NO. The molecule has 0 spiro atoms. The van der Waals surface area contributed by atoms with Gasteiger partial charge in [-0.25, -0.2) is 0 Å². The van der Waals surface area contributed by atoms with Gasteiger partial charge in [0, 0.05) is 23.4 Å². The van der Waals surface area contributed by atoms with Crippen molar-refractivity contribution in [3.05, 3.63) is 36.1 Å². The summed E-state index contributed by atoms with van der Waals surface area (Å²) in [5.41, 5.74) is 0.978. The molecular weight excluding hydrogens is 210 g/mol. The molecule has 1 aromatic heterocycles. The Hall–Kier alpha value is -1.28. The zero-order valence-corrected chi connectivity index (χ0v) is 11.0. The van der Waals surface area contributed by atoms with Gasteiger partial charge >= 0.3 is 0 Å². The van der Waals surface area contributed by atoms with Gasteiger partial charge in [-0.1, -0.05) is 39.0 Å². The lowest BCUT2D eigenvalue weighted by Crippen LogP contribution is -2.35. The van der Waals surface area contributed by atoms with Crippen LogP contribution in [0.5, 0.6) is 0 Å². The smallest absolute Gasteiger partial charge is 0.134 e. The summed E-state index contributed by atoms with van der Waals surface area (Å²) < 4.78 is 5.89. The molecule has 0 aliphatic rings. The zero-order valence-electron chi connectivity index (χ0n) is 11.0. The predicted octanol–water partition coefficient (Wildman–Crippen LogP) is 3.92. The van der Waals surface area contributed by atoms with Gasteiger partial charge in [-0.15, -0.1) is 0 Å². The summed E-state index contributed by atoms with van der Waals surface area (Å²) in [6, 6.07) is 11.2. The minimum atomic E-state index is 0.379. The molecule has 0 saturated heterocycles. The molecule has 2 rings (SSSR count). The summed E-state index contributed by atoms with van der Waals surface area (Å²) in [5, 5.41) is 4.71. The number of hydrogen-bond donors (Lipinski definition) is 1. The molecule has 1 heterocycles. The Kier molecular flexibility index (Phi) is 3.53. The summed E-state index contributed by atoms with van der Waals surface area (Å²) >= 11 is 0. The Morgan fingerprint density at radius 3 is 2.41 bits per heavy atom. The Bertz CT molecular complexity index is 453. The monoisotopic (exact) mass is 231 g/mol. The van der Waals surface area contributed by atoms with Crippen LogP contribution in [0, 0.1) is 0 Å². The number of fused-ring (bicyclic) bond motifs is 1. The number of benzene rings is 1. The van der Waals surface area contributed by atoms with Crippen molar-refractivity contribution in [1.82, 2.24) is 5.32 Å². The van der Waals surface area contributed by atoms with Crippen LogP contribution in [0.2, 0.25) is 0 Å². The molecule has 0 aliphatic carbocycles. The standard InChI is InChI=1S/C15H21NO/c1-10(2)16-12(4)11(3)15-9-13-7-5-6-8-14(13)17-15/h5-12,16H,1-4H3. The van der Waals surface area contributed by atoms with Crippen LogP contribution in [0.3, 0.4) is 0 Å². The van der Waals surface area contributed by atoms with Crippen molar-refractivity contribution < 1.29 is 4.42 Å². The molecule has 1 N–H and O–H groups in total. The Morgan fingerprint density at radius 1 is 1.06 bits per heavy atom. The zero-order chi connectivity index (χ0) is 12.4. The normalized spacial score (nSPS) is 15.4. The third kappa shape index (κ3) is 2.70. The number of para-hydroxylation sites is 1. The molecule has 0 radical (unpaired) electrons. The maximum Gasteiger partial charge on any atom is 0.134 e. The fraction of sp³-hybridized carbons (Fsp3) is 0.467. The van der Waals surface area contributed by atoms with E-state index in [0.717, 1.165) is 11.3 Å². The van der Waals surface area contributed by atoms with E-state index in [1.54, 1.807) is 0 Å². The first-order valence-electron chi connectivity index (χ1n) is 6.32. The third-order valence-electron chi connectivity index (χ3n) is 3.24. The maximum atomic E-state index is 5.89. The molecule has 2 unspecified atom stereocenters. The number of hydrogen-bond acceptors (Lipinski definition) is 2. The second kappa shape index (κ2) is 4.92. The minimum Gasteiger partial charge on any atom is -0.461 e. The average molecular weight is 231 g/mol. The number of furan rings is 1. The molecule has 2 aromatic rings. The predicted molar refractivity (Wildman–Crippen MR) is 72.4 cm³/mol. The molecule has 0 fully saturated rings. The quantitative estimate of drug-likeness (QED) is 0.862. The van der Waals surface area contributed by atoms with Gasteiger partial charge in [0.25, 0.3) is 0 Å². The minimum absolute atomic E-state index is 0.379. The van der Waals surface area contributed by atoms with Crippen LogP contribution in [0.25, 0.3) is 11.0 Å². The van der Waals surface area contributed by atoms with E-state index in [1.807, 2.05) is 18.2 Å². The molecule has 2 nitrogen and oxygen atoms in total. The molecule has 2 heteroatoms. The van der Waals surface area contributed by atoms with Crippen molar-refractivity contribution >= 4 is 11.0 Å². The fourth-order valence-corrected chi connectivity index (χ4v) is 2.14. The Balaban J connectivity index is 2.21. The fourth-order valence-electron chi connectivity index (χ4n) is 2.14. The first-order chi connectivity index (χ1) is 8.08. The topological polar surface area (TPSA) is 25.2 Å². The van der Waals surface area contributed by atoms with Gasteiger partial charge in [0.15, 0.2) is 0 Å². The van der Waals surface area contributed by atoms with Crippen LogP contribution in [-0.2, 0) is 0 Å². The van der Waals surface area contributed by atoms with Crippen molar-refractivity contribution in [2.75, 3.05) is 0 Å². The van der Waals surface area contributed by atoms with Gasteiger partial charge < -0.3 is 9.73 Å². The first-order valence-corrected chi connectivity index (χ1v) is 6.32. The number of rotatable bonds is 4. The SMILES string of the molecule is CC(C)NC(C)C(C)c1cc2ccccc2o1. The van der Waals surface area contributed by atoms with Gasteiger partial charge in [0.05, 0.1) is 0 Å². The van der Waals surface area contributed by atoms with E-state index in [0.29, 0.717) is 18.0 Å². The molecule has 0 bridgehead atoms. The van der Waals surface area contributed by atoms with Crippen molar-refractivity contribution in [3.8, 4) is 0 Å². The van der Waals surface area contributed by atoms with Crippen LogP contribution in [-0.4, -0.2) is 12.1 Å². The van der Waals surface area contributed by atoms with Gasteiger partial charge in [0.1, 0.15) is 11.3 Å². The molecule has 17 heavy (non-hydrogen) atoms. The highest BCUT2D eigenvalue weighted by Gasteiger charge is 2.18. The first kappa shape index (κ1) is 12.2. The van der Waals surface area contributed by atoms with Crippen LogP contribution in [0.4, 0.5) is 0 Å². The van der Waals surface area contributed by atoms with E-state index < -0.39 is 0 Å². The average Bonchev–Trinajstić information content (AvgIpc) is 2.70. The van der Waals surface area contributed by atoms with E-state index in [1.165, 1.54) is 5.39 Å². The Labute approximate surface area is 103 Å². The van der Waals surface area contributed by atoms with Gasteiger partial charge in [-0.05, 0) is 19.1 Å². The highest BCUT2D eigenvalue weighted by molar-refractivity contribution is 5.77. The van der Waals surface area contributed by atoms with Gasteiger partial charge in [0.2, 0.25) is 0 Å². The highest BCUT2D eigenvalue weighted by Crippen LogP contribution is 2.26. The van der Waals surface area contributed by atoms with Crippen molar-refractivity contribution in [1.29, 1.82) is 0 Å². The maximum absolute atomic E-state index is 5.89. The van der Waals surface area contributed by atoms with Gasteiger partial charge in [-0.2, -0.15) is 0 Å². The summed E-state index contributed by atoms with van der Waals surface area (Å²) in [7, 11) is 0. The van der Waals surface area contributed by atoms with E-state index in [9.17, 15) is 0 Å². The molecule has 1 aromatic carbocycles. The van der Waals surface area contributed by atoms with E-state index in [-0.39, 0.29) is 0 Å². The van der Waals surface area contributed by atoms with Crippen molar-refractivity contribution in [2.45, 2.75) is 45.7 Å². The largest absolute Gasteiger partial charge is 0.461 e. The third-order valence-corrected chi connectivity index (χ3v) is 3.24. The second-order valence-electron chi connectivity index (χ2n) is 5.09. The van der Waals surface area contributed by atoms with E-state index in [2.05, 4.69) is 45.1 Å². The Morgan fingerprint density at radius 2 is 1.76 bits per heavy atom. The lowest BCUT2D eigenvalue weighted by Gasteiger charge is -2.21. The van der Waals surface area contributed by atoms with Crippen LogP contribution in [0.15, 0.2) is 34.7 Å². The van der Waals surface area contributed by atoms with Crippen molar-refractivity contribution in [2.24, 2.45) is 0 Å². The summed E-state index contributed by atoms with van der Waals surface area (Å²) in [4.78, 5) is 0. The lowest BCUT2D eigenvalue weighted by atomic mass is 10.00. The van der Waals surface area contributed by atoms with Crippen LogP contribution in [0.1, 0.15) is 39.4 Å². The molecule has 0 saturated carbocycles. The molecule has 0 aliphatic heterocycles. The molecule has 92 valence electrons. The van der Waals surface area contributed by atoms with E-state index in [4.69, 9.17) is 4.42 Å². The van der Waals surface area contributed by atoms with Crippen molar-refractivity contribution in [3.63, 3.8) is 0 Å². The summed E-state index contributed by atoms with van der Waals surface area (Å²) in [6.45, 7) is 8.75. The second-order valence-corrected chi connectivity index (χ2v) is 5.09. The number of nitrogens with one attached hydrogen (secondary N) is 1. The highest BCUT2D eigenvalue weighted by atomic mass is 16.3. The lowest BCUT2D eigenvalue weighted by molar-refractivity contribution is 0.393.